The van der Waals surface area contributed by atoms with E-state index in [0.29, 0.717) is 37.4 Å². The number of methoxy groups -OCH3 is 2. The number of nitrogens with zero attached hydrogens (tertiary/aromatic N) is 2. The van der Waals surface area contributed by atoms with Crippen LogP contribution in [0.2, 0.25) is 0 Å². The van der Waals surface area contributed by atoms with Crippen LogP contribution in [0.5, 0.6) is 11.5 Å². The fourth-order valence-electron chi connectivity index (χ4n) is 3.21. The zero-order valence-corrected chi connectivity index (χ0v) is 16.6. The molecule has 1 aliphatic rings. The predicted octanol–water partition coefficient (Wildman–Crippen LogP) is 1.57. The summed E-state index contributed by atoms with van der Waals surface area (Å²) in [6.45, 7) is 0.592. The van der Waals surface area contributed by atoms with Gasteiger partial charge in [-0.25, -0.2) is 8.42 Å². The van der Waals surface area contributed by atoms with Crippen LogP contribution >= 0.6 is 0 Å². The lowest BCUT2D eigenvalue weighted by atomic mass is 10.2. The standard InChI is InChI=1S/C19H23N3O5S/c1-26-17-8-7-15(11-18(17)27-2)28(24,25)22-10-4-6-16(22)19(23)21-13-14-5-3-9-20-12-14/h3,5,7-9,11-12,16H,4,6,10,13H2,1-2H3,(H,21,23). The van der Waals surface area contributed by atoms with Crippen molar-refractivity contribution in [1.82, 2.24) is 14.6 Å². The Labute approximate surface area is 164 Å². The molecule has 8 nitrogen and oxygen atoms in total. The fourth-order valence-corrected chi connectivity index (χ4v) is 4.88. The van der Waals surface area contributed by atoms with Crippen LogP contribution in [0, 0.1) is 0 Å². The molecule has 0 spiro atoms. The summed E-state index contributed by atoms with van der Waals surface area (Å²) in [6, 6.07) is 7.30. The van der Waals surface area contributed by atoms with Crippen molar-refractivity contribution in [3.8, 4) is 11.5 Å². The van der Waals surface area contributed by atoms with Crippen molar-refractivity contribution < 1.29 is 22.7 Å². The third-order valence-electron chi connectivity index (χ3n) is 4.66. The number of hydrogen-bond acceptors (Lipinski definition) is 6. The van der Waals surface area contributed by atoms with Gasteiger partial charge in [-0.15, -0.1) is 0 Å². The van der Waals surface area contributed by atoms with E-state index < -0.39 is 16.1 Å². The average molecular weight is 405 g/mol. The Morgan fingerprint density at radius 2 is 2.04 bits per heavy atom. The van der Waals surface area contributed by atoms with Gasteiger partial charge in [-0.05, 0) is 36.6 Å². The Hall–Kier alpha value is -2.65. The largest absolute Gasteiger partial charge is 0.493 e. The molecule has 1 amide bonds. The molecule has 0 saturated carbocycles. The van der Waals surface area contributed by atoms with Gasteiger partial charge in [0.25, 0.3) is 0 Å². The van der Waals surface area contributed by atoms with Crippen LogP contribution in [0.3, 0.4) is 0 Å². The van der Waals surface area contributed by atoms with Crippen molar-refractivity contribution in [3.63, 3.8) is 0 Å². The minimum Gasteiger partial charge on any atom is -0.493 e. The smallest absolute Gasteiger partial charge is 0.243 e. The summed E-state index contributed by atoms with van der Waals surface area (Å²) in [5.41, 5.74) is 0.850. The summed E-state index contributed by atoms with van der Waals surface area (Å²) >= 11 is 0. The van der Waals surface area contributed by atoms with Gasteiger partial charge in [-0.2, -0.15) is 4.31 Å². The lowest BCUT2D eigenvalue weighted by Gasteiger charge is -2.24. The lowest BCUT2D eigenvalue weighted by Crippen LogP contribution is -2.45. The molecular weight excluding hydrogens is 382 g/mol. The Kier molecular flexibility index (Phi) is 6.15. The molecule has 0 radical (unpaired) electrons. The molecule has 0 aliphatic carbocycles. The highest BCUT2D eigenvalue weighted by molar-refractivity contribution is 7.89. The number of carbonyl (C=O) groups excluding carboxylic acids is 1. The third-order valence-corrected chi connectivity index (χ3v) is 6.56. The van der Waals surface area contributed by atoms with E-state index in [1.807, 2.05) is 6.07 Å². The number of aromatic nitrogens is 1. The summed E-state index contributed by atoms with van der Waals surface area (Å²) in [5.74, 6) is 0.444. The summed E-state index contributed by atoms with van der Waals surface area (Å²) in [4.78, 5) is 16.7. The molecule has 0 bridgehead atoms. The maximum atomic E-state index is 13.1. The van der Waals surface area contributed by atoms with Crippen molar-refractivity contribution in [2.24, 2.45) is 0 Å². The van der Waals surface area contributed by atoms with Gasteiger partial charge in [0.15, 0.2) is 11.5 Å². The Bertz CT molecular complexity index is 934. The normalized spacial score (nSPS) is 17.3. The van der Waals surface area contributed by atoms with Gasteiger partial charge in [0.1, 0.15) is 6.04 Å². The van der Waals surface area contributed by atoms with E-state index in [9.17, 15) is 13.2 Å². The van der Waals surface area contributed by atoms with E-state index in [2.05, 4.69) is 10.3 Å². The highest BCUT2D eigenvalue weighted by Crippen LogP contribution is 2.33. The van der Waals surface area contributed by atoms with Crippen LogP contribution < -0.4 is 14.8 Å². The molecular formula is C19H23N3O5S. The Morgan fingerprint density at radius 3 is 2.71 bits per heavy atom. The summed E-state index contributed by atoms with van der Waals surface area (Å²) in [6.07, 6.45) is 4.41. The van der Waals surface area contributed by atoms with Gasteiger partial charge < -0.3 is 14.8 Å². The van der Waals surface area contributed by atoms with E-state index in [4.69, 9.17) is 9.47 Å². The minimum absolute atomic E-state index is 0.0668. The molecule has 28 heavy (non-hydrogen) atoms. The van der Waals surface area contributed by atoms with Crippen LogP contribution in [0.25, 0.3) is 0 Å². The quantitative estimate of drug-likeness (QED) is 0.751. The van der Waals surface area contributed by atoms with Gasteiger partial charge in [-0.3, -0.25) is 9.78 Å². The monoisotopic (exact) mass is 405 g/mol. The highest BCUT2D eigenvalue weighted by Gasteiger charge is 2.39. The second-order valence-electron chi connectivity index (χ2n) is 6.37. The maximum Gasteiger partial charge on any atom is 0.243 e. The van der Waals surface area contributed by atoms with Crippen molar-refractivity contribution in [2.75, 3.05) is 20.8 Å². The van der Waals surface area contributed by atoms with E-state index in [-0.39, 0.29) is 10.8 Å². The number of carbonyl (C=O) groups is 1. The molecule has 1 aliphatic heterocycles. The van der Waals surface area contributed by atoms with Crippen molar-refractivity contribution in [1.29, 1.82) is 0 Å². The second-order valence-corrected chi connectivity index (χ2v) is 8.26. The average Bonchev–Trinajstić information content (AvgIpc) is 3.23. The highest BCUT2D eigenvalue weighted by atomic mass is 32.2. The number of rotatable bonds is 7. The van der Waals surface area contributed by atoms with Gasteiger partial charge in [0, 0.05) is 31.5 Å². The maximum absolute atomic E-state index is 13.1. The predicted molar refractivity (Wildman–Crippen MR) is 103 cm³/mol. The van der Waals surface area contributed by atoms with Gasteiger partial charge in [-0.1, -0.05) is 6.07 Å². The molecule has 1 saturated heterocycles. The third kappa shape index (κ3) is 4.10. The molecule has 1 N–H and O–H groups in total. The molecule has 150 valence electrons. The van der Waals surface area contributed by atoms with E-state index in [1.165, 1.54) is 30.7 Å². The van der Waals surface area contributed by atoms with Crippen molar-refractivity contribution >= 4 is 15.9 Å². The van der Waals surface area contributed by atoms with Crippen LogP contribution in [0.15, 0.2) is 47.6 Å². The first-order valence-electron chi connectivity index (χ1n) is 8.88. The van der Waals surface area contributed by atoms with Gasteiger partial charge in [0.2, 0.25) is 15.9 Å². The molecule has 1 unspecified atom stereocenters. The molecule has 2 aromatic rings. The van der Waals surface area contributed by atoms with Crippen LogP contribution in [0.1, 0.15) is 18.4 Å². The lowest BCUT2D eigenvalue weighted by molar-refractivity contribution is -0.124. The SMILES string of the molecule is COc1ccc(S(=O)(=O)N2CCCC2C(=O)NCc2cccnc2)cc1OC. The van der Waals surface area contributed by atoms with Gasteiger partial charge >= 0.3 is 0 Å². The van der Waals surface area contributed by atoms with Crippen LogP contribution in [-0.4, -0.2) is 50.4 Å². The number of hydrogen-bond donors (Lipinski definition) is 1. The number of sulfonamides is 1. The number of benzene rings is 1. The first kappa shape index (κ1) is 20.1. The number of nitrogens with one attached hydrogen (secondary N) is 1. The molecule has 3 rings (SSSR count). The van der Waals surface area contributed by atoms with E-state index in [0.717, 1.165) is 5.56 Å². The second kappa shape index (κ2) is 8.57. The molecule has 1 aromatic carbocycles. The minimum atomic E-state index is -3.85. The van der Waals surface area contributed by atoms with Crippen LogP contribution in [-0.2, 0) is 21.4 Å². The van der Waals surface area contributed by atoms with Gasteiger partial charge in [0.05, 0.1) is 19.1 Å². The zero-order valence-electron chi connectivity index (χ0n) is 15.8. The molecule has 1 atom stereocenters. The molecule has 1 aromatic heterocycles. The number of ether oxygens (including phenoxy) is 2. The molecule has 9 heteroatoms. The molecule has 1 fully saturated rings. The summed E-state index contributed by atoms with van der Waals surface area (Å²) in [5, 5.41) is 2.81. The number of pyridine rings is 1. The van der Waals surface area contributed by atoms with E-state index in [1.54, 1.807) is 24.5 Å². The van der Waals surface area contributed by atoms with Crippen LogP contribution in [0.4, 0.5) is 0 Å². The first-order chi connectivity index (χ1) is 13.5. The van der Waals surface area contributed by atoms with E-state index >= 15 is 0 Å². The topological polar surface area (TPSA) is 97.8 Å². The summed E-state index contributed by atoms with van der Waals surface area (Å²) < 4.78 is 37.9. The summed E-state index contributed by atoms with van der Waals surface area (Å²) in [7, 11) is -0.924. The first-order valence-corrected chi connectivity index (χ1v) is 10.3. The fraction of sp³-hybridized carbons (Fsp3) is 0.368. The molecule has 2 heterocycles. The number of amides is 1. The Balaban J connectivity index is 1.78. The zero-order chi connectivity index (χ0) is 20.1. The Morgan fingerprint density at radius 1 is 1.25 bits per heavy atom. The van der Waals surface area contributed by atoms with Crippen molar-refractivity contribution in [2.45, 2.75) is 30.3 Å². The van der Waals surface area contributed by atoms with Crippen molar-refractivity contribution in [3.05, 3.63) is 48.3 Å².